The third-order valence-electron chi connectivity index (χ3n) is 2.81. The molecule has 3 heteroatoms. The molecule has 0 N–H and O–H groups in total. The Kier molecular flexibility index (Phi) is 3.75. The van der Waals surface area contributed by atoms with Gasteiger partial charge in [0.1, 0.15) is 5.75 Å². The number of benzene rings is 1. The summed E-state index contributed by atoms with van der Waals surface area (Å²) >= 11 is 8.18. The van der Waals surface area contributed by atoms with Gasteiger partial charge in [0.05, 0.1) is 17.4 Å². The summed E-state index contributed by atoms with van der Waals surface area (Å²) in [6.07, 6.45) is 0. The maximum Gasteiger partial charge on any atom is 0.134 e. The molecule has 0 aliphatic carbocycles. The molecule has 0 bridgehead atoms. The number of hydrogen-bond acceptors (Lipinski definition) is 2. The first kappa shape index (κ1) is 12.5. The number of rotatable bonds is 3. The topological polar surface area (TPSA) is 9.23 Å². The van der Waals surface area contributed by atoms with Crippen LogP contribution >= 0.6 is 22.9 Å². The van der Waals surface area contributed by atoms with Crippen LogP contribution in [0.15, 0.2) is 29.6 Å². The first-order valence-corrected chi connectivity index (χ1v) is 6.77. The van der Waals surface area contributed by atoms with Crippen molar-refractivity contribution in [3.8, 4) is 5.75 Å². The molecule has 1 aromatic heterocycles. The molecule has 17 heavy (non-hydrogen) atoms. The highest BCUT2D eigenvalue weighted by atomic mass is 35.5. The molecule has 1 heterocycles. The van der Waals surface area contributed by atoms with Gasteiger partial charge in [-0.25, -0.2) is 0 Å². The molecule has 0 saturated heterocycles. The number of hydrogen-bond donors (Lipinski definition) is 0. The largest absolute Gasteiger partial charge is 0.496 e. The first-order valence-electron chi connectivity index (χ1n) is 5.46. The van der Waals surface area contributed by atoms with Crippen LogP contribution in [0.2, 0.25) is 0 Å². The van der Waals surface area contributed by atoms with Crippen molar-refractivity contribution in [2.24, 2.45) is 0 Å². The molecule has 0 spiro atoms. The Bertz CT molecular complexity index is 519. The van der Waals surface area contributed by atoms with E-state index in [4.69, 9.17) is 16.3 Å². The summed E-state index contributed by atoms with van der Waals surface area (Å²) in [5, 5.41) is 1.87. The molecule has 90 valence electrons. The van der Waals surface area contributed by atoms with Gasteiger partial charge < -0.3 is 4.74 Å². The summed E-state index contributed by atoms with van der Waals surface area (Å²) in [6.45, 7) is 4.18. The van der Waals surface area contributed by atoms with Crippen molar-refractivity contribution in [2.45, 2.75) is 19.2 Å². The summed E-state index contributed by atoms with van der Waals surface area (Å²) in [5.41, 5.74) is 3.63. The zero-order valence-corrected chi connectivity index (χ0v) is 11.7. The third-order valence-corrected chi connectivity index (χ3v) is 4.35. The lowest BCUT2D eigenvalue weighted by Gasteiger charge is -2.13. The Balaban J connectivity index is 2.40. The highest BCUT2D eigenvalue weighted by Crippen LogP contribution is 2.40. The van der Waals surface area contributed by atoms with Gasteiger partial charge in [-0.3, -0.25) is 0 Å². The second kappa shape index (κ2) is 5.11. The van der Waals surface area contributed by atoms with Crippen molar-refractivity contribution in [1.82, 2.24) is 0 Å². The van der Waals surface area contributed by atoms with E-state index in [9.17, 15) is 0 Å². The second-order valence-corrected chi connectivity index (χ2v) is 5.46. The molecule has 0 fully saturated rings. The van der Waals surface area contributed by atoms with Crippen molar-refractivity contribution >= 4 is 22.9 Å². The molecule has 0 aliphatic heterocycles. The molecule has 2 rings (SSSR count). The van der Waals surface area contributed by atoms with Gasteiger partial charge in [0.25, 0.3) is 0 Å². The van der Waals surface area contributed by atoms with Gasteiger partial charge in [-0.15, -0.1) is 22.9 Å². The molecule has 0 saturated carbocycles. The fourth-order valence-electron chi connectivity index (χ4n) is 1.91. The summed E-state index contributed by atoms with van der Waals surface area (Å²) in [6, 6.07) is 8.31. The average molecular weight is 267 g/mol. The van der Waals surface area contributed by atoms with Crippen LogP contribution in [-0.2, 0) is 0 Å². The number of halogens is 1. The van der Waals surface area contributed by atoms with Crippen molar-refractivity contribution in [3.63, 3.8) is 0 Å². The summed E-state index contributed by atoms with van der Waals surface area (Å²) in [4.78, 5) is 1.07. The highest BCUT2D eigenvalue weighted by molar-refractivity contribution is 7.10. The zero-order chi connectivity index (χ0) is 12.4. The lowest BCUT2D eigenvalue weighted by atomic mass is 10.0. The molecular formula is C14H15ClOS. The van der Waals surface area contributed by atoms with Crippen LogP contribution in [0.5, 0.6) is 5.75 Å². The van der Waals surface area contributed by atoms with E-state index < -0.39 is 0 Å². The van der Waals surface area contributed by atoms with Crippen LogP contribution in [0.1, 0.15) is 26.9 Å². The van der Waals surface area contributed by atoms with E-state index in [1.165, 1.54) is 11.1 Å². The molecule has 0 amide bonds. The van der Waals surface area contributed by atoms with Gasteiger partial charge in [0.15, 0.2) is 0 Å². The van der Waals surface area contributed by atoms with Crippen LogP contribution in [0, 0.1) is 13.8 Å². The second-order valence-electron chi connectivity index (χ2n) is 4.08. The van der Waals surface area contributed by atoms with E-state index in [-0.39, 0.29) is 5.38 Å². The summed E-state index contributed by atoms with van der Waals surface area (Å²) in [7, 11) is 1.68. The molecule has 1 nitrogen and oxygen atoms in total. The van der Waals surface area contributed by atoms with Gasteiger partial charge in [-0.05, 0) is 36.4 Å². The third kappa shape index (κ3) is 2.48. The van der Waals surface area contributed by atoms with E-state index in [1.54, 1.807) is 18.4 Å². The van der Waals surface area contributed by atoms with Crippen molar-refractivity contribution in [2.75, 3.05) is 7.11 Å². The Morgan fingerprint density at radius 2 is 2.00 bits per heavy atom. The quantitative estimate of drug-likeness (QED) is 0.732. The zero-order valence-electron chi connectivity index (χ0n) is 10.2. The van der Waals surface area contributed by atoms with Crippen molar-refractivity contribution in [1.29, 1.82) is 0 Å². The Morgan fingerprint density at radius 1 is 1.24 bits per heavy atom. The minimum Gasteiger partial charge on any atom is -0.496 e. The maximum atomic E-state index is 6.54. The van der Waals surface area contributed by atoms with Gasteiger partial charge in [0, 0.05) is 0 Å². The molecule has 1 unspecified atom stereocenters. The summed E-state index contributed by atoms with van der Waals surface area (Å²) in [5.74, 6) is 0.870. The Hall–Kier alpha value is -0.990. The van der Waals surface area contributed by atoms with Crippen LogP contribution in [0.3, 0.4) is 0 Å². The lowest BCUT2D eigenvalue weighted by molar-refractivity contribution is 0.413. The lowest BCUT2D eigenvalue weighted by Crippen LogP contribution is -1.96. The van der Waals surface area contributed by atoms with E-state index >= 15 is 0 Å². The molecule has 2 aromatic rings. The first-order chi connectivity index (χ1) is 8.13. The fourth-order valence-corrected chi connectivity index (χ4v) is 3.27. The number of aryl methyl sites for hydroxylation is 2. The molecule has 1 atom stereocenters. The Morgan fingerprint density at radius 3 is 2.65 bits per heavy atom. The van der Waals surface area contributed by atoms with E-state index in [0.717, 1.165) is 16.2 Å². The Labute approximate surface area is 111 Å². The predicted octanol–water partition coefficient (Wildman–Crippen LogP) is 4.70. The van der Waals surface area contributed by atoms with E-state index in [0.29, 0.717) is 0 Å². The highest BCUT2D eigenvalue weighted by Gasteiger charge is 2.18. The van der Waals surface area contributed by atoms with E-state index in [2.05, 4.69) is 32.0 Å². The molecule has 0 radical (unpaired) electrons. The van der Waals surface area contributed by atoms with Crippen LogP contribution < -0.4 is 4.74 Å². The van der Waals surface area contributed by atoms with Gasteiger partial charge in [-0.1, -0.05) is 23.8 Å². The van der Waals surface area contributed by atoms with Crippen LogP contribution in [0.4, 0.5) is 0 Å². The van der Waals surface area contributed by atoms with Gasteiger partial charge in [0.2, 0.25) is 0 Å². The van der Waals surface area contributed by atoms with Crippen molar-refractivity contribution in [3.05, 3.63) is 51.2 Å². The molecular weight excluding hydrogens is 252 g/mol. The van der Waals surface area contributed by atoms with Crippen molar-refractivity contribution < 1.29 is 4.74 Å². The molecule has 1 aromatic carbocycles. The predicted molar refractivity (Wildman–Crippen MR) is 74.5 cm³/mol. The van der Waals surface area contributed by atoms with E-state index in [1.807, 2.05) is 11.4 Å². The number of alkyl halides is 1. The smallest absolute Gasteiger partial charge is 0.134 e. The summed E-state index contributed by atoms with van der Waals surface area (Å²) < 4.78 is 5.32. The number of methoxy groups -OCH3 is 1. The van der Waals surface area contributed by atoms with Crippen LogP contribution in [-0.4, -0.2) is 7.11 Å². The number of thiophene rings is 1. The van der Waals surface area contributed by atoms with Crippen LogP contribution in [0.25, 0.3) is 0 Å². The SMILES string of the molecule is COc1ccsc1C(Cl)c1ccc(C)cc1C. The van der Waals surface area contributed by atoms with Gasteiger partial charge in [-0.2, -0.15) is 0 Å². The van der Waals surface area contributed by atoms with Gasteiger partial charge >= 0.3 is 0 Å². The average Bonchev–Trinajstić information content (AvgIpc) is 2.76. The maximum absolute atomic E-state index is 6.54. The monoisotopic (exact) mass is 266 g/mol. The fraction of sp³-hybridized carbons (Fsp3) is 0.286. The minimum atomic E-state index is -0.134. The minimum absolute atomic E-state index is 0.134. The number of ether oxygens (including phenoxy) is 1. The molecule has 0 aliphatic rings. The standard InChI is InChI=1S/C14H15ClOS/c1-9-4-5-11(10(2)8-9)13(15)14-12(16-3)6-7-17-14/h4-8,13H,1-3H3. The normalized spacial score (nSPS) is 12.5.